The highest BCUT2D eigenvalue weighted by Crippen LogP contribution is 2.29. The zero-order valence-electron chi connectivity index (χ0n) is 12.1. The van der Waals surface area contributed by atoms with E-state index in [1.54, 1.807) is 24.0 Å². The van der Waals surface area contributed by atoms with Crippen molar-refractivity contribution in [3.63, 3.8) is 0 Å². The fourth-order valence-corrected chi connectivity index (χ4v) is 2.48. The summed E-state index contributed by atoms with van der Waals surface area (Å²) >= 11 is 0. The average Bonchev–Trinajstić information content (AvgIpc) is 2.72. The first kappa shape index (κ1) is 14.4. The highest BCUT2D eigenvalue weighted by atomic mass is 16.4. The fourth-order valence-electron chi connectivity index (χ4n) is 2.48. The minimum Gasteiger partial charge on any atom is -0.478 e. The second-order valence-corrected chi connectivity index (χ2v) is 6.07. The van der Waals surface area contributed by atoms with Crippen molar-refractivity contribution in [2.45, 2.75) is 27.2 Å². The Hall–Kier alpha value is -2.04. The van der Waals surface area contributed by atoms with E-state index in [9.17, 15) is 14.7 Å². The Labute approximate surface area is 118 Å². The van der Waals surface area contributed by atoms with Crippen LogP contribution in [0.2, 0.25) is 0 Å². The number of likely N-dealkylation sites (tertiary alicyclic amines) is 1. The van der Waals surface area contributed by atoms with Crippen LogP contribution in [0.1, 0.15) is 36.2 Å². The maximum Gasteiger partial charge on any atom is 0.337 e. The lowest BCUT2D eigenvalue weighted by atomic mass is 9.93. The van der Waals surface area contributed by atoms with E-state index in [0.29, 0.717) is 18.8 Å². The predicted octanol–water partition coefficient (Wildman–Crippen LogP) is 2.96. The van der Waals surface area contributed by atoms with Crippen molar-refractivity contribution in [1.29, 1.82) is 0 Å². The average molecular weight is 276 g/mol. The van der Waals surface area contributed by atoms with Crippen LogP contribution in [0.4, 0.5) is 10.5 Å². The molecule has 1 saturated heterocycles. The monoisotopic (exact) mass is 276 g/mol. The first-order chi connectivity index (χ1) is 9.30. The second kappa shape index (κ2) is 5.15. The van der Waals surface area contributed by atoms with E-state index in [0.717, 1.165) is 12.0 Å². The number of aryl methyl sites for hydroxylation is 1. The van der Waals surface area contributed by atoms with E-state index < -0.39 is 5.97 Å². The smallest absolute Gasteiger partial charge is 0.337 e. The third-order valence-electron chi connectivity index (χ3n) is 3.70. The number of carboxylic acids is 1. The van der Waals surface area contributed by atoms with Crippen molar-refractivity contribution < 1.29 is 14.7 Å². The highest BCUT2D eigenvalue weighted by molar-refractivity contribution is 6.01. The van der Waals surface area contributed by atoms with Crippen LogP contribution >= 0.6 is 0 Å². The van der Waals surface area contributed by atoms with Gasteiger partial charge in [-0.2, -0.15) is 0 Å². The Morgan fingerprint density at radius 1 is 1.35 bits per heavy atom. The van der Waals surface area contributed by atoms with Crippen LogP contribution in [-0.4, -0.2) is 35.1 Å². The zero-order chi connectivity index (χ0) is 14.9. The van der Waals surface area contributed by atoms with E-state index in [4.69, 9.17) is 0 Å². The molecule has 0 atom stereocenters. The maximum absolute atomic E-state index is 12.3. The molecule has 2 N–H and O–H groups in total. The highest BCUT2D eigenvalue weighted by Gasteiger charge is 2.32. The topological polar surface area (TPSA) is 69.6 Å². The van der Waals surface area contributed by atoms with Crippen molar-refractivity contribution in [1.82, 2.24) is 4.90 Å². The number of anilines is 1. The summed E-state index contributed by atoms with van der Waals surface area (Å²) in [5.74, 6) is -1.04. The summed E-state index contributed by atoms with van der Waals surface area (Å²) in [6, 6.07) is 4.73. The van der Waals surface area contributed by atoms with Crippen LogP contribution in [0.5, 0.6) is 0 Å². The van der Waals surface area contributed by atoms with Crippen molar-refractivity contribution in [3.8, 4) is 0 Å². The summed E-state index contributed by atoms with van der Waals surface area (Å²) < 4.78 is 0. The van der Waals surface area contributed by atoms with Crippen molar-refractivity contribution in [2.24, 2.45) is 5.41 Å². The van der Waals surface area contributed by atoms with Crippen LogP contribution < -0.4 is 5.32 Å². The second-order valence-electron chi connectivity index (χ2n) is 6.07. The largest absolute Gasteiger partial charge is 0.478 e. The number of hydrogen-bond acceptors (Lipinski definition) is 2. The van der Waals surface area contributed by atoms with Gasteiger partial charge in [0.1, 0.15) is 0 Å². The Morgan fingerprint density at radius 3 is 2.60 bits per heavy atom. The molecule has 0 bridgehead atoms. The number of carboxylic acid groups (broad SMARTS) is 1. The lowest BCUT2D eigenvalue weighted by Crippen LogP contribution is -2.34. The van der Waals surface area contributed by atoms with Gasteiger partial charge in [0.2, 0.25) is 0 Å². The van der Waals surface area contributed by atoms with E-state index in [1.165, 1.54) is 6.07 Å². The number of benzene rings is 1. The SMILES string of the molecule is Cc1cccc(C(=O)O)c1NC(=O)N1CCC(C)(C)C1. The maximum atomic E-state index is 12.3. The van der Waals surface area contributed by atoms with Gasteiger partial charge in [-0.3, -0.25) is 0 Å². The number of nitrogens with zero attached hydrogens (tertiary/aromatic N) is 1. The molecular weight excluding hydrogens is 256 g/mol. The van der Waals surface area contributed by atoms with Gasteiger partial charge in [0.05, 0.1) is 11.3 Å². The molecule has 0 spiro atoms. The first-order valence-corrected chi connectivity index (χ1v) is 6.69. The molecule has 108 valence electrons. The molecule has 1 heterocycles. The Bertz CT molecular complexity index is 552. The summed E-state index contributed by atoms with van der Waals surface area (Å²) in [4.78, 5) is 25.2. The Kier molecular flexibility index (Phi) is 3.70. The molecule has 0 aliphatic carbocycles. The van der Waals surface area contributed by atoms with Gasteiger partial charge in [-0.25, -0.2) is 9.59 Å². The van der Waals surface area contributed by atoms with Crippen molar-refractivity contribution in [3.05, 3.63) is 29.3 Å². The molecule has 1 aromatic rings. The molecule has 1 aliphatic heterocycles. The van der Waals surface area contributed by atoms with Crippen LogP contribution in [0.25, 0.3) is 0 Å². The number of carbonyl (C=O) groups is 2. The normalized spacial score (nSPS) is 17.1. The van der Waals surface area contributed by atoms with Crippen LogP contribution in [0.15, 0.2) is 18.2 Å². The van der Waals surface area contributed by atoms with Gasteiger partial charge >= 0.3 is 12.0 Å². The number of nitrogens with one attached hydrogen (secondary N) is 1. The van der Waals surface area contributed by atoms with Crippen molar-refractivity contribution >= 4 is 17.7 Å². The molecule has 20 heavy (non-hydrogen) atoms. The lowest BCUT2D eigenvalue weighted by molar-refractivity contribution is 0.0698. The van der Waals surface area contributed by atoms with Gasteiger partial charge in [-0.15, -0.1) is 0 Å². The molecule has 1 fully saturated rings. The number of hydrogen-bond donors (Lipinski definition) is 2. The number of amides is 2. The molecule has 0 unspecified atom stereocenters. The van der Waals surface area contributed by atoms with Crippen molar-refractivity contribution in [2.75, 3.05) is 18.4 Å². The van der Waals surface area contributed by atoms with Crippen LogP contribution in [0.3, 0.4) is 0 Å². The van der Waals surface area contributed by atoms with Gasteiger partial charge in [-0.1, -0.05) is 26.0 Å². The number of carbonyl (C=O) groups excluding carboxylic acids is 1. The number of aromatic carboxylic acids is 1. The molecular formula is C15H20N2O3. The zero-order valence-corrected chi connectivity index (χ0v) is 12.1. The molecule has 0 saturated carbocycles. The van der Waals surface area contributed by atoms with E-state index >= 15 is 0 Å². The summed E-state index contributed by atoms with van der Waals surface area (Å²) in [6.45, 7) is 7.42. The van der Waals surface area contributed by atoms with Gasteiger partial charge in [0.25, 0.3) is 0 Å². The van der Waals surface area contributed by atoms with E-state index in [2.05, 4.69) is 19.2 Å². The number of para-hydroxylation sites is 1. The quantitative estimate of drug-likeness (QED) is 0.872. The minimum absolute atomic E-state index is 0.122. The standard InChI is InChI=1S/C15H20N2O3/c1-10-5-4-6-11(13(18)19)12(10)16-14(20)17-8-7-15(2,3)9-17/h4-6H,7-9H2,1-3H3,(H,16,20)(H,18,19). The summed E-state index contributed by atoms with van der Waals surface area (Å²) in [6.07, 6.45) is 0.958. The fraction of sp³-hybridized carbons (Fsp3) is 0.467. The third kappa shape index (κ3) is 2.92. The Morgan fingerprint density at radius 2 is 2.05 bits per heavy atom. The van der Waals surface area contributed by atoms with Gasteiger partial charge in [0, 0.05) is 13.1 Å². The number of urea groups is 1. The summed E-state index contributed by atoms with van der Waals surface area (Å²) in [7, 11) is 0. The van der Waals surface area contributed by atoms with E-state index in [-0.39, 0.29) is 17.0 Å². The van der Waals surface area contributed by atoms with Gasteiger partial charge in [-0.05, 0) is 30.4 Å². The predicted molar refractivity (Wildman–Crippen MR) is 77.1 cm³/mol. The summed E-state index contributed by atoms with van der Waals surface area (Å²) in [5.41, 5.74) is 1.38. The summed E-state index contributed by atoms with van der Waals surface area (Å²) in [5, 5.41) is 11.9. The molecule has 5 nitrogen and oxygen atoms in total. The third-order valence-corrected chi connectivity index (χ3v) is 3.70. The number of rotatable bonds is 2. The van der Waals surface area contributed by atoms with E-state index in [1.807, 2.05) is 0 Å². The minimum atomic E-state index is -1.04. The first-order valence-electron chi connectivity index (χ1n) is 6.69. The molecule has 1 aliphatic rings. The lowest BCUT2D eigenvalue weighted by Gasteiger charge is -2.21. The van der Waals surface area contributed by atoms with Gasteiger partial charge in [0.15, 0.2) is 0 Å². The molecule has 2 amide bonds. The van der Waals surface area contributed by atoms with Crippen LogP contribution in [-0.2, 0) is 0 Å². The molecule has 5 heteroatoms. The molecule has 1 aromatic carbocycles. The molecule has 0 radical (unpaired) electrons. The molecule has 2 rings (SSSR count). The molecule has 0 aromatic heterocycles. The van der Waals surface area contributed by atoms with Crippen LogP contribution in [0, 0.1) is 12.3 Å². The Balaban J connectivity index is 2.18. The van der Waals surface area contributed by atoms with Gasteiger partial charge < -0.3 is 15.3 Å².